The average Bonchev–Trinajstić information content (AvgIpc) is 2.89. The fraction of sp³-hybridized carbons (Fsp3) is 0.882. The molecule has 0 spiro atoms. The fourth-order valence-electron chi connectivity index (χ4n) is 2.94. The van der Waals surface area contributed by atoms with Gasteiger partial charge in [0, 0.05) is 33.2 Å². The van der Waals surface area contributed by atoms with Gasteiger partial charge in [-0.15, -0.1) is 0 Å². The first kappa shape index (κ1) is 18.9. The summed E-state index contributed by atoms with van der Waals surface area (Å²) in [5.74, 6) is 0.0525. The average molecular weight is 312 g/mol. The molecule has 1 heterocycles. The van der Waals surface area contributed by atoms with Crippen molar-refractivity contribution in [3.8, 4) is 0 Å². The van der Waals surface area contributed by atoms with Crippen molar-refractivity contribution in [1.29, 1.82) is 0 Å². The highest BCUT2D eigenvalue weighted by Crippen LogP contribution is 2.23. The molecule has 5 heteroatoms. The minimum Gasteiger partial charge on any atom is -0.383 e. The summed E-state index contributed by atoms with van der Waals surface area (Å²) >= 11 is 0. The van der Waals surface area contributed by atoms with Crippen molar-refractivity contribution in [3.05, 3.63) is 0 Å². The minimum atomic E-state index is -0.180. The summed E-state index contributed by atoms with van der Waals surface area (Å²) in [7, 11) is 1.64. The minimum absolute atomic E-state index is 0.0371. The van der Waals surface area contributed by atoms with Crippen molar-refractivity contribution in [2.24, 2.45) is 5.92 Å². The largest absolute Gasteiger partial charge is 0.383 e. The smallest absolute Gasteiger partial charge is 0.227 e. The van der Waals surface area contributed by atoms with Crippen LogP contribution in [0.15, 0.2) is 0 Å². The molecule has 5 nitrogen and oxygen atoms in total. The summed E-state index contributed by atoms with van der Waals surface area (Å²) < 4.78 is 5.12. The Morgan fingerprint density at radius 1 is 1.32 bits per heavy atom. The zero-order chi connectivity index (χ0) is 16.5. The van der Waals surface area contributed by atoms with E-state index in [2.05, 4.69) is 13.8 Å². The molecule has 0 radical (unpaired) electrons. The maximum Gasteiger partial charge on any atom is 0.227 e. The van der Waals surface area contributed by atoms with Gasteiger partial charge in [-0.3, -0.25) is 9.59 Å². The number of rotatable bonds is 10. The molecule has 1 aliphatic rings. The van der Waals surface area contributed by atoms with Crippen LogP contribution in [0.1, 0.15) is 52.9 Å². The Bertz CT molecular complexity index is 352. The number of hydrogen-bond donors (Lipinski definition) is 0. The van der Waals surface area contributed by atoms with E-state index in [1.54, 1.807) is 12.0 Å². The van der Waals surface area contributed by atoms with Crippen molar-refractivity contribution >= 4 is 11.8 Å². The van der Waals surface area contributed by atoms with Crippen LogP contribution in [0.2, 0.25) is 0 Å². The number of ether oxygens (including phenoxy) is 1. The van der Waals surface area contributed by atoms with Crippen LogP contribution in [-0.4, -0.2) is 61.0 Å². The molecule has 2 atom stereocenters. The van der Waals surface area contributed by atoms with Crippen LogP contribution >= 0.6 is 0 Å². The molecular weight excluding hydrogens is 280 g/mol. The SMILES string of the molecule is CCCCN(CCCC)C(=O)[C@H]1CC(=O)N([C@H](C)COC)C1. The summed E-state index contributed by atoms with van der Waals surface area (Å²) in [6, 6.07) is 0.0371. The highest BCUT2D eigenvalue weighted by atomic mass is 16.5. The van der Waals surface area contributed by atoms with Gasteiger partial charge in [0.15, 0.2) is 0 Å². The molecule has 1 fully saturated rings. The zero-order valence-corrected chi connectivity index (χ0v) is 14.6. The van der Waals surface area contributed by atoms with E-state index in [9.17, 15) is 9.59 Å². The highest BCUT2D eigenvalue weighted by molar-refractivity contribution is 5.89. The lowest BCUT2D eigenvalue weighted by atomic mass is 10.1. The second kappa shape index (κ2) is 9.82. The third kappa shape index (κ3) is 5.27. The Morgan fingerprint density at radius 2 is 1.91 bits per heavy atom. The monoisotopic (exact) mass is 312 g/mol. The van der Waals surface area contributed by atoms with Gasteiger partial charge >= 0.3 is 0 Å². The Balaban J connectivity index is 2.64. The topological polar surface area (TPSA) is 49.9 Å². The van der Waals surface area contributed by atoms with E-state index in [4.69, 9.17) is 4.74 Å². The van der Waals surface area contributed by atoms with E-state index < -0.39 is 0 Å². The normalized spacial score (nSPS) is 19.5. The lowest BCUT2D eigenvalue weighted by Gasteiger charge is -2.27. The molecule has 0 unspecified atom stereocenters. The number of unbranched alkanes of at least 4 members (excludes halogenated alkanes) is 2. The molecule has 0 aliphatic carbocycles. The third-order valence-corrected chi connectivity index (χ3v) is 4.32. The summed E-state index contributed by atoms with van der Waals surface area (Å²) in [5.41, 5.74) is 0. The van der Waals surface area contributed by atoms with E-state index in [1.807, 2.05) is 11.8 Å². The number of carbonyl (C=O) groups excluding carboxylic acids is 2. The summed E-state index contributed by atoms with van der Waals surface area (Å²) in [6.07, 6.45) is 4.56. The highest BCUT2D eigenvalue weighted by Gasteiger charge is 2.38. The first-order chi connectivity index (χ1) is 10.5. The number of methoxy groups -OCH3 is 1. The molecule has 1 saturated heterocycles. The Labute approximate surface area is 135 Å². The van der Waals surface area contributed by atoms with Crippen molar-refractivity contribution in [1.82, 2.24) is 9.80 Å². The van der Waals surface area contributed by atoms with Crippen LogP contribution in [0, 0.1) is 5.92 Å². The number of nitrogens with zero attached hydrogens (tertiary/aromatic N) is 2. The molecule has 22 heavy (non-hydrogen) atoms. The van der Waals surface area contributed by atoms with Gasteiger partial charge in [0.2, 0.25) is 11.8 Å². The lowest BCUT2D eigenvalue weighted by molar-refractivity contribution is -0.136. The van der Waals surface area contributed by atoms with Gasteiger partial charge in [0.05, 0.1) is 18.6 Å². The molecule has 0 aromatic heterocycles. The molecule has 1 aliphatic heterocycles. The van der Waals surface area contributed by atoms with Crippen molar-refractivity contribution in [3.63, 3.8) is 0 Å². The predicted molar refractivity (Wildman–Crippen MR) is 87.6 cm³/mol. The quantitative estimate of drug-likeness (QED) is 0.622. The van der Waals surface area contributed by atoms with Crippen LogP contribution in [0.4, 0.5) is 0 Å². The predicted octanol–water partition coefficient (Wildman–Crippen LogP) is 2.30. The molecule has 0 bridgehead atoms. The van der Waals surface area contributed by atoms with Gasteiger partial charge in [-0.1, -0.05) is 26.7 Å². The molecule has 0 N–H and O–H groups in total. The van der Waals surface area contributed by atoms with Crippen LogP contribution in [0.25, 0.3) is 0 Å². The Kier molecular flexibility index (Phi) is 8.46. The first-order valence-electron chi connectivity index (χ1n) is 8.62. The van der Waals surface area contributed by atoms with Gasteiger partial charge in [0.25, 0.3) is 0 Å². The van der Waals surface area contributed by atoms with Gasteiger partial charge in [-0.05, 0) is 19.8 Å². The molecule has 1 rings (SSSR count). The summed E-state index contributed by atoms with van der Waals surface area (Å²) in [6.45, 7) is 8.92. The van der Waals surface area contributed by atoms with E-state index in [-0.39, 0.29) is 23.8 Å². The van der Waals surface area contributed by atoms with Crippen molar-refractivity contribution < 1.29 is 14.3 Å². The maximum absolute atomic E-state index is 12.7. The Hall–Kier alpha value is -1.10. The van der Waals surface area contributed by atoms with Crippen LogP contribution in [0.3, 0.4) is 0 Å². The third-order valence-electron chi connectivity index (χ3n) is 4.32. The summed E-state index contributed by atoms with van der Waals surface area (Å²) in [4.78, 5) is 28.7. The molecule has 0 aromatic carbocycles. The number of carbonyl (C=O) groups is 2. The Morgan fingerprint density at radius 3 is 2.41 bits per heavy atom. The van der Waals surface area contributed by atoms with Crippen LogP contribution in [0.5, 0.6) is 0 Å². The molecular formula is C17H32N2O3. The second-order valence-corrected chi connectivity index (χ2v) is 6.28. The van der Waals surface area contributed by atoms with E-state index in [0.717, 1.165) is 38.8 Å². The van der Waals surface area contributed by atoms with Crippen molar-refractivity contribution in [2.45, 2.75) is 58.9 Å². The first-order valence-corrected chi connectivity index (χ1v) is 8.62. The van der Waals surface area contributed by atoms with Gasteiger partial charge in [-0.2, -0.15) is 0 Å². The summed E-state index contributed by atoms with van der Waals surface area (Å²) in [5, 5.41) is 0. The van der Waals surface area contributed by atoms with E-state index >= 15 is 0 Å². The molecule has 0 saturated carbocycles. The number of likely N-dealkylation sites (tertiary alicyclic amines) is 1. The van der Waals surface area contributed by atoms with E-state index in [1.165, 1.54) is 0 Å². The van der Waals surface area contributed by atoms with Gasteiger partial charge in [-0.25, -0.2) is 0 Å². The van der Waals surface area contributed by atoms with Crippen molar-refractivity contribution in [2.75, 3.05) is 33.4 Å². The fourth-order valence-corrected chi connectivity index (χ4v) is 2.94. The van der Waals surface area contributed by atoms with E-state index in [0.29, 0.717) is 19.6 Å². The number of amides is 2. The maximum atomic E-state index is 12.7. The molecule has 128 valence electrons. The second-order valence-electron chi connectivity index (χ2n) is 6.28. The molecule has 2 amide bonds. The van der Waals surface area contributed by atoms with Crippen LogP contribution in [-0.2, 0) is 14.3 Å². The number of hydrogen-bond acceptors (Lipinski definition) is 3. The standard InChI is InChI=1S/C17H32N2O3/c1-5-7-9-18(10-8-6-2)17(21)15-11-16(20)19(12-15)14(3)13-22-4/h14-15H,5-13H2,1-4H3/t14-,15+/m1/s1. The van der Waals surface area contributed by atoms with Gasteiger partial charge in [0.1, 0.15) is 0 Å². The lowest BCUT2D eigenvalue weighted by Crippen LogP contribution is -2.41. The molecule has 0 aromatic rings. The van der Waals surface area contributed by atoms with Gasteiger partial charge < -0.3 is 14.5 Å². The zero-order valence-electron chi connectivity index (χ0n) is 14.6. The van der Waals surface area contributed by atoms with Crippen LogP contribution < -0.4 is 0 Å².